The molecule has 0 aliphatic carbocycles. The maximum absolute atomic E-state index is 4.43. The van der Waals surface area contributed by atoms with E-state index in [4.69, 9.17) is 0 Å². The zero-order valence-corrected chi connectivity index (χ0v) is 11.0. The van der Waals surface area contributed by atoms with Gasteiger partial charge in [0.05, 0.1) is 0 Å². The second-order valence-electron chi connectivity index (χ2n) is 4.19. The lowest BCUT2D eigenvalue weighted by Crippen LogP contribution is -2.05. The molecule has 2 N–H and O–H groups in total. The second kappa shape index (κ2) is 5.49. The van der Waals surface area contributed by atoms with Crippen LogP contribution in [-0.4, -0.2) is 16.5 Å². The van der Waals surface area contributed by atoms with Crippen molar-refractivity contribution in [1.82, 2.24) is 9.97 Å². The Hall–Kier alpha value is -2.10. The summed E-state index contributed by atoms with van der Waals surface area (Å²) in [6.07, 6.45) is 0. The fourth-order valence-corrected chi connectivity index (χ4v) is 1.72. The van der Waals surface area contributed by atoms with Gasteiger partial charge in [0, 0.05) is 24.0 Å². The molecule has 0 spiro atoms. The van der Waals surface area contributed by atoms with Gasteiger partial charge in [-0.1, -0.05) is 18.2 Å². The Bertz CT molecular complexity index is 537. The molecule has 94 valence electrons. The van der Waals surface area contributed by atoms with Crippen molar-refractivity contribution in [1.29, 1.82) is 0 Å². The van der Waals surface area contributed by atoms with Crippen LogP contribution in [0.25, 0.3) is 0 Å². The number of nitrogens with one attached hydrogen (secondary N) is 2. The highest BCUT2D eigenvalue weighted by Crippen LogP contribution is 2.19. The van der Waals surface area contributed by atoms with Gasteiger partial charge < -0.3 is 10.6 Å². The monoisotopic (exact) mass is 242 g/mol. The third-order valence-corrected chi connectivity index (χ3v) is 2.60. The third kappa shape index (κ3) is 2.97. The van der Waals surface area contributed by atoms with Crippen molar-refractivity contribution in [2.24, 2.45) is 0 Å². The molecule has 1 aromatic carbocycles. The molecular weight excluding hydrogens is 224 g/mol. The van der Waals surface area contributed by atoms with E-state index in [-0.39, 0.29) is 0 Å². The Morgan fingerprint density at radius 3 is 2.61 bits per heavy atom. The van der Waals surface area contributed by atoms with Gasteiger partial charge in [0.15, 0.2) is 0 Å². The van der Waals surface area contributed by atoms with Crippen LogP contribution < -0.4 is 10.6 Å². The smallest absolute Gasteiger partial charge is 0.224 e. The number of aryl methyl sites for hydroxylation is 2. The quantitative estimate of drug-likeness (QED) is 0.864. The van der Waals surface area contributed by atoms with E-state index in [1.807, 2.05) is 38.1 Å². The summed E-state index contributed by atoms with van der Waals surface area (Å²) in [6.45, 7) is 6.88. The molecule has 0 aliphatic heterocycles. The fraction of sp³-hybridized carbons (Fsp3) is 0.286. The lowest BCUT2D eigenvalue weighted by Gasteiger charge is -2.10. The van der Waals surface area contributed by atoms with Crippen molar-refractivity contribution >= 4 is 17.5 Å². The van der Waals surface area contributed by atoms with Crippen molar-refractivity contribution in [3.8, 4) is 0 Å². The van der Waals surface area contributed by atoms with Crippen LogP contribution >= 0.6 is 0 Å². The van der Waals surface area contributed by atoms with Crippen molar-refractivity contribution in [3.63, 3.8) is 0 Å². The summed E-state index contributed by atoms with van der Waals surface area (Å²) in [5, 5.41) is 6.45. The summed E-state index contributed by atoms with van der Waals surface area (Å²) in [7, 11) is 0. The molecule has 18 heavy (non-hydrogen) atoms. The van der Waals surface area contributed by atoms with E-state index < -0.39 is 0 Å². The minimum absolute atomic E-state index is 0.661. The van der Waals surface area contributed by atoms with Crippen LogP contribution in [0.4, 0.5) is 17.5 Å². The summed E-state index contributed by atoms with van der Waals surface area (Å²) in [4.78, 5) is 8.75. The second-order valence-corrected chi connectivity index (χ2v) is 4.19. The normalized spacial score (nSPS) is 10.2. The maximum Gasteiger partial charge on any atom is 0.224 e. The van der Waals surface area contributed by atoms with E-state index in [1.54, 1.807) is 0 Å². The first kappa shape index (κ1) is 12.4. The summed E-state index contributed by atoms with van der Waals surface area (Å²) < 4.78 is 0. The van der Waals surface area contributed by atoms with Crippen molar-refractivity contribution in [2.45, 2.75) is 20.8 Å². The molecule has 0 unspecified atom stereocenters. The molecule has 2 rings (SSSR count). The number of anilines is 3. The summed E-state index contributed by atoms with van der Waals surface area (Å²) >= 11 is 0. The number of rotatable bonds is 4. The minimum Gasteiger partial charge on any atom is -0.354 e. The number of hydrogen-bond donors (Lipinski definition) is 2. The van der Waals surface area contributed by atoms with E-state index in [2.05, 4.69) is 33.6 Å². The lowest BCUT2D eigenvalue weighted by molar-refractivity contribution is 1.05. The highest BCUT2D eigenvalue weighted by molar-refractivity contribution is 5.61. The molecule has 1 aromatic heterocycles. The van der Waals surface area contributed by atoms with Gasteiger partial charge in [0.25, 0.3) is 0 Å². The number of hydrogen-bond acceptors (Lipinski definition) is 4. The van der Waals surface area contributed by atoms with Gasteiger partial charge in [-0.15, -0.1) is 0 Å². The van der Waals surface area contributed by atoms with E-state index in [0.29, 0.717) is 5.95 Å². The van der Waals surface area contributed by atoms with Gasteiger partial charge in [-0.25, -0.2) is 4.98 Å². The Balaban J connectivity index is 2.26. The molecular formula is C14H18N4. The molecule has 0 atom stereocenters. The highest BCUT2D eigenvalue weighted by Gasteiger charge is 2.03. The van der Waals surface area contributed by atoms with Gasteiger partial charge in [0.1, 0.15) is 5.82 Å². The predicted octanol–water partition coefficient (Wildman–Crippen LogP) is 3.27. The van der Waals surface area contributed by atoms with Crippen LogP contribution in [0, 0.1) is 13.8 Å². The SMILES string of the molecule is CCNc1nc(C)cc(Nc2ccccc2C)n1. The van der Waals surface area contributed by atoms with Crippen LogP contribution in [0.5, 0.6) is 0 Å². The molecule has 1 heterocycles. The molecule has 4 nitrogen and oxygen atoms in total. The van der Waals surface area contributed by atoms with E-state index in [0.717, 1.165) is 23.7 Å². The molecule has 0 radical (unpaired) electrons. The predicted molar refractivity (Wildman–Crippen MR) is 75.4 cm³/mol. The molecule has 0 saturated carbocycles. The topological polar surface area (TPSA) is 49.8 Å². The number of nitrogens with zero attached hydrogens (tertiary/aromatic N) is 2. The molecule has 0 aliphatic rings. The molecule has 0 bridgehead atoms. The standard InChI is InChI=1S/C14H18N4/c1-4-15-14-16-11(3)9-13(18-14)17-12-8-6-5-7-10(12)2/h5-9H,4H2,1-3H3,(H2,15,16,17,18). The molecule has 0 amide bonds. The first-order valence-corrected chi connectivity index (χ1v) is 6.11. The summed E-state index contributed by atoms with van der Waals surface area (Å²) in [5.74, 6) is 1.47. The van der Waals surface area contributed by atoms with Gasteiger partial charge in [0.2, 0.25) is 5.95 Å². The van der Waals surface area contributed by atoms with Gasteiger partial charge in [-0.05, 0) is 32.4 Å². The summed E-state index contributed by atoms with van der Waals surface area (Å²) in [5.41, 5.74) is 3.20. The van der Waals surface area contributed by atoms with Crippen molar-refractivity contribution in [2.75, 3.05) is 17.2 Å². The average molecular weight is 242 g/mol. The molecule has 0 fully saturated rings. The Morgan fingerprint density at radius 2 is 1.89 bits per heavy atom. The van der Waals surface area contributed by atoms with Crippen LogP contribution in [0.2, 0.25) is 0 Å². The van der Waals surface area contributed by atoms with Crippen LogP contribution in [0.15, 0.2) is 30.3 Å². The molecule has 4 heteroatoms. The first-order valence-electron chi connectivity index (χ1n) is 6.11. The zero-order chi connectivity index (χ0) is 13.0. The maximum atomic E-state index is 4.43. The summed E-state index contributed by atoms with van der Waals surface area (Å²) in [6, 6.07) is 10.1. The Kier molecular flexibility index (Phi) is 3.77. The van der Waals surface area contributed by atoms with E-state index in [1.165, 1.54) is 5.56 Å². The first-order chi connectivity index (χ1) is 8.69. The molecule has 2 aromatic rings. The molecule has 0 saturated heterocycles. The third-order valence-electron chi connectivity index (χ3n) is 2.60. The minimum atomic E-state index is 0.661. The Morgan fingerprint density at radius 1 is 1.11 bits per heavy atom. The largest absolute Gasteiger partial charge is 0.354 e. The van der Waals surface area contributed by atoms with Crippen LogP contribution in [-0.2, 0) is 0 Å². The van der Waals surface area contributed by atoms with E-state index in [9.17, 15) is 0 Å². The number of aromatic nitrogens is 2. The highest BCUT2D eigenvalue weighted by atomic mass is 15.1. The fourth-order valence-electron chi connectivity index (χ4n) is 1.72. The van der Waals surface area contributed by atoms with Crippen LogP contribution in [0.1, 0.15) is 18.2 Å². The van der Waals surface area contributed by atoms with Crippen molar-refractivity contribution in [3.05, 3.63) is 41.6 Å². The van der Waals surface area contributed by atoms with Crippen LogP contribution in [0.3, 0.4) is 0 Å². The number of benzene rings is 1. The lowest BCUT2D eigenvalue weighted by atomic mass is 10.2. The average Bonchev–Trinajstić information content (AvgIpc) is 2.32. The zero-order valence-electron chi connectivity index (χ0n) is 11.0. The van der Waals surface area contributed by atoms with Gasteiger partial charge in [-0.3, -0.25) is 0 Å². The Labute approximate surface area is 107 Å². The van der Waals surface area contributed by atoms with Gasteiger partial charge in [-0.2, -0.15) is 4.98 Å². The van der Waals surface area contributed by atoms with Crippen molar-refractivity contribution < 1.29 is 0 Å². The number of para-hydroxylation sites is 1. The van der Waals surface area contributed by atoms with Gasteiger partial charge >= 0.3 is 0 Å². The van der Waals surface area contributed by atoms with E-state index >= 15 is 0 Å².